The van der Waals surface area contributed by atoms with Gasteiger partial charge in [-0.25, -0.2) is 0 Å². The fourth-order valence-electron chi connectivity index (χ4n) is 4.86. The standard InChI is InChI=1S/C28H25F9N2/c29-26(30,31)21-7-9-24(10-8-21)38-12-14-39(15-13-38)25(20-4-2-1-3-5-20)11-6-19-16-22(27(32,33)34)18-23(17-19)28(35,36)37/h1-5,7-10,16-18,25H,6,11-15H2. The van der Waals surface area contributed by atoms with Crippen molar-refractivity contribution < 1.29 is 39.5 Å². The molecule has 0 N–H and O–H groups in total. The minimum Gasteiger partial charge on any atom is -0.369 e. The molecular weight excluding hydrogens is 535 g/mol. The van der Waals surface area contributed by atoms with Gasteiger partial charge in [0, 0.05) is 37.9 Å². The maximum Gasteiger partial charge on any atom is 0.416 e. The molecule has 0 saturated carbocycles. The van der Waals surface area contributed by atoms with Crippen LogP contribution in [0.4, 0.5) is 45.2 Å². The normalized spacial score (nSPS) is 16.4. The Bertz CT molecular complexity index is 1190. The number of halogens is 9. The van der Waals surface area contributed by atoms with Crippen molar-refractivity contribution in [2.45, 2.75) is 37.4 Å². The number of benzene rings is 3. The average molecular weight is 561 g/mol. The Morgan fingerprint density at radius 1 is 0.590 bits per heavy atom. The van der Waals surface area contributed by atoms with Gasteiger partial charge in [-0.3, -0.25) is 4.90 Å². The first-order valence-electron chi connectivity index (χ1n) is 12.2. The highest BCUT2D eigenvalue weighted by molar-refractivity contribution is 5.48. The summed E-state index contributed by atoms with van der Waals surface area (Å²) in [5.41, 5.74) is -1.95. The molecule has 1 atom stereocenters. The number of aryl methyl sites for hydroxylation is 1. The lowest BCUT2D eigenvalue weighted by molar-refractivity contribution is -0.143. The molecule has 3 aromatic rings. The maximum absolute atomic E-state index is 13.3. The quantitative estimate of drug-likeness (QED) is 0.280. The number of piperazine rings is 1. The fourth-order valence-corrected chi connectivity index (χ4v) is 4.86. The monoisotopic (exact) mass is 560 g/mol. The third kappa shape index (κ3) is 7.26. The Labute approximate surface area is 219 Å². The van der Waals surface area contributed by atoms with Crippen LogP contribution in [-0.4, -0.2) is 31.1 Å². The molecule has 4 rings (SSSR count). The zero-order valence-corrected chi connectivity index (χ0v) is 20.5. The van der Waals surface area contributed by atoms with Gasteiger partial charge in [0.25, 0.3) is 0 Å². The van der Waals surface area contributed by atoms with Crippen LogP contribution in [0.25, 0.3) is 0 Å². The van der Waals surface area contributed by atoms with E-state index in [0.717, 1.165) is 29.8 Å². The summed E-state index contributed by atoms with van der Waals surface area (Å²) in [6.07, 6.45) is -14.0. The molecule has 2 nitrogen and oxygen atoms in total. The second-order valence-corrected chi connectivity index (χ2v) is 9.45. The van der Waals surface area contributed by atoms with E-state index in [9.17, 15) is 39.5 Å². The van der Waals surface area contributed by atoms with Gasteiger partial charge in [0.2, 0.25) is 0 Å². The minimum absolute atomic E-state index is 0.00825. The highest BCUT2D eigenvalue weighted by Crippen LogP contribution is 2.37. The second kappa shape index (κ2) is 11.1. The van der Waals surface area contributed by atoms with Crippen molar-refractivity contribution in [3.8, 4) is 0 Å². The average Bonchev–Trinajstić information content (AvgIpc) is 2.88. The summed E-state index contributed by atoms with van der Waals surface area (Å²) < 4.78 is 119. The van der Waals surface area contributed by atoms with E-state index in [2.05, 4.69) is 4.90 Å². The lowest BCUT2D eigenvalue weighted by atomic mass is 9.95. The number of hydrogen-bond acceptors (Lipinski definition) is 2. The Morgan fingerprint density at radius 3 is 1.59 bits per heavy atom. The molecule has 11 heteroatoms. The number of nitrogens with zero attached hydrogens (tertiary/aromatic N) is 2. The van der Waals surface area contributed by atoms with Crippen LogP contribution in [0.15, 0.2) is 72.8 Å². The van der Waals surface area contributed by atoms with Crippen LogP contribution in [0, 0.1) is 0 Å². The van der Waals surface area contributed by atoms with Crippen molar-refractivity contribution in [1.82, 2.24) is 4.90 Å². The first-order chi connectivity index (χ1) is 18.2. The molecule has 0 aliphatic carbocycles. The molecule has 1 unspecified atom stereocenters. The number of alkyl halides is 9. The lowest BCUT2D eigenvalue weighted by Crippen LogP contribution is -2.47. The summed E-state index contributed by atoms with van der Waals surface area (Å²) >= 11 is 0. The molecule has 210 valence electrons. The van der Waals surface area contributed by atoms with Crippen molar-refractivity contribution in [3.63, 3.8) is 0 Å². The zero-order valence-electron chi connectivity index (χ0n) is 20.5. The Hall–Kier alpha value is -3.21. The molecule has 0 amide bonds. The van der Waals surface area contributed by atoms with Crippen LogP contribution in [0.3, 0.4) is 0 Å². The van der Waals surface area contributed by atoms with Crippen molar-refractivity contribution in [3.05, 3.63) is 101 Å². The Morgan fingerprint density at radius 2 is 1.10 bits per heavy atom. The summed E-state index contributed by atoms with van der Waals surface area (Å²) in [7, 11) is 0. The molecule has 0 spiro atoms. The van der Waals surface area contributed by atoms with Gasteiger partial charge < -0.3 is 4.90 Å². The summed E-state index contributed by atoms with van der Waals surface area (Å²) in [6, 6.07) is 15.4. The van der Waals surface area contributed by atoms with Crippen molar-refractivity contribution in [2.24, 2.45) is 0 Å². The zero-order chi connectivity index (χ0) is 28.4. The molecule has 1 saturated heterocycles. The van der Waals surface area contributed by atoms with Crippen LogP contribution in [0.5, 0.6) is 0 Å². The lowest BCUT2D eigenvalue weighted by Gasteiger charge is -2.40. The van der Waals surface area contributed by atoms with Crippen LogP contribution in [0.2, 0.25) is 0 Å². The van der Waals surface area contributed by atoms with Gasteiger partial charge in [0.05, 0.1) is 16.7 Å². The molecule has 3 aromatic carbocycles. The van der Waals surface area contributed by atoms with Crippen LogP contribution >= 0.6 is 0 Å². The van der Waals surface area contributed by atoms with Gasteiger partial charge in [-0.05, 0) is 66.4 Å². The molecule has 1 fully saturated rings. The van der Waals surface area contributed by atoms with Crippen LogP contribution in [0.1, 0.15) is 40.3 Å². The van der Waals surface area contributed by atoms with E-state index >= 15 is 0 Å². The largest absolute Gasteiger partial charge is 0.416 e. The van der Waals surface area contributed by atoms with E-state index in [1.54, 1.807) is 0 Å². The number of hydrogen-bond donors (Lipinski definition) is 0. The van der Waals surface area contributed by atoms with E-state index < -0.39 is 35.2 Å². The summed E-state index contributed by atoms with van der Waals surface area (Å²) in [4.78, 5) is 4.05. The van der Waals surface area contributed by atoms with Crippen molar-refractivity contribution in [2.75, 3.05) is 31.1 Å². The van der Waals surface area contributed by atoms with Crippen molar-refractivity contribution >= 4 is 5.69 Å². The first kappa shape index (κ1) is 28.8. The van der Waals surface area contributed by atoms with Gasteiger partial charge in [-0.15, -0.1) is 0 Å². The molecule has 1 aliphatic rings. The molecule has 1 heterocycles. The molecule has 1 aliphatic heterocycles. The fraction of sp³-hybridized carbons (Fsp3) is 0.357. The Balaban J connectivity index is 1.51. The molecule has 0 aromatic heterocycles. The maximum atomic E-state index is 13.3. The topological polar surface area (TPSA) is 6.48 Å². The third-order valence-electron chi connectivity index (χ3n) is 6.85. The van der Waals surface area contributed by atoms with Gasteiger partial charge in [-0.2, -0.15) is 39.5 Å². The highest BCUT2D eigenvalue weighted by Gasteiger charge is 2.37. The van der Waals surface area contributed by atoms with Crippen molar-refractivity contribution in [1.29, 1.82) is 0 Å². The SMILES string of the molecule is FC(F)(F)c1ccc(N2CCN(C(CCc3cc(C(F)(F)F)cc(C(F)(F)F)c3)c3ccccc3)CC2)cc1. The number of anilines is 1. The van der Waals surface area contributed by atoms with E-state index in [4.69, 9.17) is 0 Å². The molecular formula is C28H25F9N2. The van der Waals surface area contributed by atoms with Gasteiger partial charge in [0.15, 0.2) is 0 Å². The van der Waals surface area contributed by atoms with E-state index in [1.165, 1.54) is 12.1 Å². The van der Waals surface area contributed by atoms with E-state index in [1.807, 2.05) is 35.2 Å². The molecule has 0 bridgehead atoms. The minimum atomic E-state index is -4.91. The molecule has 0 radical (unpaired) electrons. The number of rotatable bonds is 6. The van der Waals surface area contributed by atoms with E-state index in [-0.39, 0.29) is 30.5 Å². The molecule has 39 heavy (non-hydrogen) atoms. The van der Waals surface area contributed by atoms with Crippen LogP contribution < -0.4 is 4.90 Å². The van der Waals surface area contributed by atoms with Crippen LogP contribution in [-0.2, 0) is 24.9 Å². The third-order valence-corrected chi connectivity index (χ3v) is 6.85. The smallest absolute Gasteiger partial charge is 0.369 e. The summed E-state index contributed by atoms with van der Waals surface area (Å²) in [5, 5.41) is 0. The predicted octanol–water partition coefficient (Wildman–Crippen LogP) is 8.24. The van der Waals surface area contributed by atoms with E-state index in [0.29, 0.717) is 31.9 Å². The summed E-state index contributed by atoms with van der Waals surface area (Å²) in [5.74, 6) is 0. The van der Waals surface area contributed by atoms with Gasteiger partial charge in [-0.1, -0.05) is 30.3 Å². The Kier molecular flexibility index (Phi) is 8.20. The van der Waals surface area contributed by atoms with Gasteiger partial charge in [0.1, 0.15) is 0 Å². The summed E-state index contributed by atoms with van der Waals surface area (Å²) in [6.45, 7) is 2.01. The first-order valence-corrected chi connectivity index (χ1v) is 12.2. The second-order valence-electron chi connectivity index (χ2n) is 9.45. The predicted molar refractivity (Wildman–Crippen MR) is 129 cm³/mol. The van der Waals surface area contributed by atoms with Gasteiger partial charge >= 0.3 is 18.5 Å². The highest BCUT2D eigenvalue weighted by atomic mass is 19.4.